The van der Waals surface area contributed by atoms with E-state index in [0.717, 1.165) is 0 Å². The summed E-state index contributed by atoms with van der Waals surface area (Å²) in [6.45, 7) is 0.0356. The Morgan fingerprint density at radius 2 is 2.06 bits per heavy atom. The normalized spacial score (nSPS) is 21.7. The van der Waals surface area contributed by atoms with Crippen molar-refractivity contribution in [3.8, 4) is 0 Å². The Hall–Kier alpha value is -1.40. The highest BCUT2D eigenvalue weighted by atomic mass is 32.2. The quantitative estimate of drug-likeness (QED) is 0.811. The number of amides is 1. The first-order chi connectivity index (χ1) is 8.57. The zero-order valence-electron chi connectivity index (χ0n) is 9.83. The number of sulfone groups is 1. The van der Waals surface area contributed by atoms with E-state index in [1.54, 1.807) is 24.3 Å². The molecule has 0 radical (unpaired) electrons. The van der Waals surface area contributed by atoms with E-state index in [2.05, 4.69) is 5.32 Å². The van der Waals surface area contributed by atoms with E-state index in [-0.39, 0.29) is 30.2 Å². The Morgan fingerprint density at radius 1 is 1.33 bits per heavy atom. The summed E-state index contributed by atoms with van der Waals surface area (Å²) in [5, 5.41) is 2.60. The van der Waals surface area contributed by atoms with Gasteiger partial charge >= 0.3 is 0 Å². The molecule has 1 aromatic carbocycles. The second-order valence-corrected chi connectivity index (χ2v) is 6.44. The van der Waals surface area contributed by atoms with Gasteiger partial charge in [-0.25, -0.2) is 8.42 Å². The van der Waals surface area contributed by atoms with Gasteiger partial charge in [0.1, 0.15) is 6.73 Å². The number of carbonyl (C=O) groups is 1. The molecule has 1 aliphatic rings. The maximum Gasteiger partial charge on any atom is 0.253 e. The molecule has 0 saturated carbocycles. The SMILES string of the molecule is O=C(NCOC1CCS(=O)(=O)C1)c1ccccc1. The van der Waals surface area contributed by atoms with Crippen LogP contribution in [0.25, 0.3) is 0 Å². The van der Waals surface area contributed by atoms with Crippen LogP contribution in [0.5, 0.6) is 0 Å². The monoisotopic (exact) mass is 269 g/mol. The number of ether oxygens (including phenoxy) is 1. The molecule has 5 nitrogen and oxygen atoms in total. The first-order valence-electron chi connectivity index (χ1n) is 5.72. The fraction of sp³-hybridized carbons (Fsp3) is 0.417. The third-order valence-corrected chi connectivity index (χ3v) is 4.52. The molecule has 0 aromatic heterocycles. The predicted molar refractivity (Wildman–Crippen MR) is 66.9 cm³/mol. The zero-order chi connectivity index (χ0) is 13.0. The Labute approximate surface area is 106 Å². The van der Waals surface area contributed by atoms with Crippen molar-refractivity contribution in [2.24, 2.45) is 0 Å². The molecule has 98 valence electrons. The van der Waals surface area contributed by atoms with Gasteiger partial charge in [0.05, 0.1) is 17.6 Å². The number of carbonyl (C=O) groups excluding carboxylic acids is 1. The van der Waals surface area contributed by atoms with Crippen LogP contribution < -0.4 is 5.32 Å². The van der Waals surface area contributed by atoms with E-state index < -0.39 is 9.84 Å². The fourth-order valence-electron chi connectivity index (χ4n) is 1.81. The molecule has 1 atom stereocenters. The molecule has 6 heteroatoms. The minimum absolute atomic E-state index is 0.0356. The molecule has 1 amide bonds. The van der Waals surface area contributed by atoms with Crippen molar-refractivity contribution in [3.05, 3.63) is 35.9 Å². The lowest BCUT2D eigenvalue weighted by Crippen LogP contribution is -2.29. The lowest BCUT2D eigenvalue weighted by molar-refractivity contribution is 0.0510. The van der Waals surface area contributed by atoms with Gasteiger partial charge in [0, 0.05) is 5.56 Å². The van der Waals surface area contributed by atoms with Gasteiger partial charge < -0.3 is 10.1 Å². The highest BCUT2D eigenvalue weighted by Gasteiger charge is 2.28. The Morgan fingerprint density at radius 3 is 2.67 bits per heavy atom. The van der Waals surface area contributed by atoms with E-state index in [1.165, 1.54) is 0 Å². The molecule has 1 unspecified atom stereocenters. The highest BCUT2D eigenvalue weighted by molar-refractivity contribution is 7.91. The fourth-order valence-corrected chi connectivity index (χ4v) is 3.43. The van der Waals surface area contributed by atoms with E-state index >= 15 is 0 Å². The summed E-state index contributed by atoms with van der Waals surface area (Å²) >= 11 is 0. The van der Waals surface area contributed by atoms with Crippen molar-refractivity contribution < 1.29 is 17.9 Å². The van der Waals surface area contributed by atoms with E-state index in [4.69, 9.17) is 4.74 Å². The molecule has 0 aliphatic carbocycles. The van der Waals surface area contributed by atoms with Gasteiger partial charge in [-0.3, -0.25) is 4.79 Å². The lowest BCUT2D eigenvalue weighted by atomic mass is 10.2. The summed E-state index contributed by atoms with van der Waals surface area (Å²) in [7, 11) is -2.94. The molecule has 0 spiro atoms. The second kappa shape index (κ2) is 5.49. The van der Waals surface area contributed by atoms with Gasteiger partial charge in [0.2, 0.25) is 0 Å². The van der Waals surface area contributed by atoms with Crippen molar-refractivity contribution in [2.75, 3.05) is 18.2 Å². The molecule has 1 N–H and O–H groups in total. The molecule has 2 rings (SSSR count). The molecular formula is C12H15NO4S. The van der Waals surface area contributed by atoms with Crippen molar-refractivity contribution in [1.82, 2.24) is 5.32 Å². The summed E-state index contributed by atoms with van der Waals surface area (Å²) in [4.78, 5) is 11.6. The Balaban J connectivity index is 1.75. The number of benzene rings is 1. The topological polar surface area (TPSA) is 72.5 Å². The Bertz CT molecular complexity index is 512. The third-order valence-electron chi connectivity index (χ3n) is 2.78. The van der Waals surface area contributed by atoms with Gasteiger partial charge in [-0.1, -0.05) is 18.2 Å². The van der Waals surface area contributed by atoms with Gasteiger partial charge in [0.25, 0.3) is 5.91 Å². The molecular weight excluding hydrogens is 254 g/mol. The van der Waals surface area contributed by atoms with Crippen LogP contribution in [0, 0.1) is 0 Å². The maximum absolute atomic E-state index is 11.6. The minimum atomic E-state index is -2.94. The highest BCUT2D eigenvalue weighted by Crippen LogP contribution is 2.14. The van der Waals surface area contributed by atoms with Crippen LogP contribution in [0.4, 0.5) is 0 Å². The van der Waals surface area contributed by atoms with Crippen LogP contribution in [-0.2, 0) is 14.6 Å². The average molecular weight is 269 g/mol. The van der Waals surface area contributed by atoms with Gasteiger partial charge in [0.15, 0.2) is 9.84 Å². The average Bonchev–Trinajstić information content (AvgIpc) is 2.70. The predicted octanol–water partition coefficient (Wildman–Crippen LogP) is 0.578. The van der Waals surface area contributed by atoms with Crippen molar-refractivity contribution in [3.63, 3.8) is 0 Å². The van der Waals surface area contributed by atoms with Gasteiger partial charge in [-0.05, 0) is 18.6 Å². The van der Waals surface area contributed by atoms with E-state index in [1.807, 2.05) is 6.07 Å². The molecule has 1 aromatic rings. The standard InChI is InChI=1S/C12H15NO4S/c14-12(10-4-2-1-3-5-10)13-9-17-11-6-7-18(15,16)8-11/h1-5,11H,6-9H2,(H,13,14). The molecule has 1 saturated heterocycles. The van der Waals surface area contributed by atoms with Crippen molar-refractivity contribution >= 4 is 15.7 Å². The first-order valence-corrected chi connectivity index (χ1v) is 7.54. The zero-order valence-corrected chi connectivity index (χ0v) is 10.7. The van der Waals surface area contributed by atoms with Crippen LogP contribution in [0.2, 0.25) is 0 Å². The summed E-state index contributed by atoms with van der Waals surface area (Å²) < 4.78 is 27.7. The minimum Gasteiger partial charge on any atom is -0.357 e. The lowest BCUT2D eigenvalue weighted by Gasteiger charge is -2.10. The summed E-state index contributed by atoms with van der Waals surface area (Å²) in [6.07, 6.45) is 0.204. The van der Waals surface area contributed by atoms with Crippen LogP contribution in [0.3, 0.4) is 0 Å². The van der Waals surface area contributed by atoms with Gasteiger partial charge in [-0.2, -0.15) is 0 Å². The van der Waals surface area contributed by atoms with Crippen LogP contribution >= 0.6 is 0 Å². The molecule has 1 aliphatic heterocycles. The Kier molecular flexibility index (Phi) is 3.98. The number of nitrogens with one attached hydrogen (secondary N) is 1. The first kappa shape index (κ1) is 13.0. The molecule has 18 heavy (non-hydrogen) atoms. The summed E-state index contributed by atoms with van der Waals surface area (Å²) in [6, 6.07) is 8.79. The van der Waals surface area contributed by atoms with Crippen LogP contribution in [-0.4, -0.2) is 38.7 Å². The number of hydrogen-bond acceptors (Lipinski definition) is 4. The van der Waals surface area contributed by atoms with Gasteiger partial charge in [-0.15, -0.1) is 0 Å². The van der Waals surface area contributed by atoms with E-state index in [0.29, 0.717) is 12.0 Å². The molecule has 0 bridgehead atoms. The third kappa shape index (κ3) is 3.54. The summed E-state index contributed by atoms with van der Waals surface area (Å²) in [5.41, 5.74) is 0.556. The molecule has 1 fully saturated rings. The number of rotatable bonds is 4. The van der Waals surface area contributed by atoms with Crippen LogP contribution in [0.15, 0.2) is 30.3 Å². The largest absolute Gasteiger partial charge is 0.357 e. The van der Waals surface area contributed by atoms with E-state index in [9.17, 15) is 13.2 Å². The van der Waals surface area contributed by atoms with Crippen LogP contribution in [0.1, 0.15) is 16.8 Å². The van der Waals surface area contributed by atoms with Crippen molar-refractivity contribution in [1.29, 1.82) is 0 Å². The molecule has 1 heterocycles. The van der Waals surface area contributed by atoms with Crippen molar-refractivity contribution in [2.45, 2.75) is 12.5 Å². The second-order valence-electron chi connectivity index (χ2n) is 4.21. The smallest absolute Gasteiger partial charge is 0.253 e. The maximum atomic E-state index is 11.6. The number of hydrogen-bond donors (Lipinski definition) is 1. The summed E-state index contributed by atoms with van der Waals surface area (Å²) in [5.74, 6) is -0.00477.